The maximum absolute atomic E-state index is 6.42. The fourth-order valence-corrected chi connectivity index (χ4v) is 2.93. The highest BCUT2D eigenvalue weighted by molar-refractivity contribution is 4.93. The van der Waals surface area contributed by atoms with Gasteiger partial charge in [-0.1, -0.05) is 32.4 Å². The molecule has 2 heteroatoms. The Kier molecular flexibility index (Phi) is 5.41. The summed E-state index contributed by atoms with van der Waals surface area (Å²) in [5, 5.41) is 0. The van der Waals surface area contributed by atoms with Crippen molar-refractivity contribution in [3.8, 4) is 0 Å². The largest absolute Gasteiger partial charge is 0.327 e. The lowest BCUT2D eigenvalue weighted by atomic mass is 9.68. The van der Waals surface area contributed by atoms with Crippen molar-refractivity contribution in [1.82, 2.24) is 4.90 Å². The maximum atomic E-state index is 6.42. The molecule has 2 atom stereocenters. The maximum Gasteiger partial charge on any atom is 0.0164 e. The van der Waals surface area contributed by atoms with E-state index in [-0.39, 0.29) is 5.41 Å². The zero-order valence-corrected chi connectivity index (χ0v) is 11.5. The highest BCUT2D eigenvalue weighted by Crippen LogP contribution is 2.37. The lowest BCUT2D eigenvalue weighted by Crippen LogP contribution is -2.50. The van der Waals surface area contributed by atoms with Gasteiger partial charge in [-0.2, -0.15) is 0 Å². The second-order valence-electron chi connectivity index (χ2n) is 5.96. The summed E-state index contributed by atoms with van der Waals surface area (Å²) < 4.78 is 0. The third-order valence-corrected chi connectivity index (χ3v) is 4.07. The molecule has 98 valence electrons. The van der Waals surface area contributed by atoms with Crippen LogP contribution in [-0.2, 0) is 0 Å². The fourth-order valence-electron chi connectivity index (χ4n) is 2.93. The van der Waals surface area contributed by atoms with Crippen molar-refractivity contribution in [3.63, 3.8) is 0 Å². The molecule has 0 radical (unpaired) electrons. The average Bonchev–Trinajstić information content (AvgIpc) is 2.25. The second-order valence-corrected chi connectivity index (χ2v) is 5.96. The van der Waals surface area contributed by atoms with Gasteiger partial charge < -0.3 is 5.73 Å². The van der Waals surface area contributed by atoms with Crippen molar-refractivity contribution in [1.29, 1.82) is 0 Å². The topological polar surface area (TPSA) is 29.3 Å². The van der Waals surface area contributed by atoms with Crippen molar-refractivity contribution in [2.45, 2.75) is 39.2 Å². The zero-order valence-electron chi connectivity index (χ0n) is 11.5. The fraction of sp³-hybridized carbons (Fsp3) is 0.733. The Morgan fingerprint density at radius 1 is 1.29 bits per heavy atom. The first-order valence-electron chi connectivity index (χ1n) is 6.71. The van der Waals surface area contributed by atoms with Gasteiger partial charge in [-0.15, -0.1) is 13.2 Å². The molecule has 0 amide bonds. The molecule has 0 saturated heterocycles. The molecule has 2 unspecified atom stereocenters. The third kappa shape index (κ3) is 3.97. The molecule has 0 aromatic heterocycles. The molecule has 1 aliphatic rings. The molecule has 1 rings (SSSR count). The molecular formula is C15H28N2. The molecule has 2 N–H and O–H groups in total. The Balaban J connectivity index is 2.58. The highest BCUT2D eigenvalue weighted by atomic mass is 15.1. The van der Waals surface area contributed by atoms with Gasteiger partial charge in [-0.3, -0.25) is 4.90 Å². The number of hydrogen-bond acceptors (Lipinski definition) is 2. The molecule has 2 nitrogen and oxygen atoms in total. The van der Waals surface area contributed by atoms with E-state index in [9.17, 15) is 0 Å². The van der Waals surface area contributed by atoms with E-state index in [4.69, 9.17) is 5.73 Å². The average molecular weight is 236 g/mol. The summed E-state index contributed by atoms with van der Waals surface area (Å²) in [6.07, 6.45) is 7.75. The lowest BCUT2D eigenvalue weighted by molar-refractivity contribution is 0.110. The molecule has 1 saturated carbocycles. The Hall–Kier alpha value is -0.600. The van der Waals surface area contributed by atoms with Gasteiger partial charge in [0, 0.05) is 25.7 Å². The molecular weight excluding hydrogens is 208 g/mol. The minimum atomic E-state index is 0.289. The van der Waals surface area contributed by atoms with Gasteiger partial charge >= 0.3 is 0 Å². The summed E-state index contributed by atoms with van der Waals surface area (Å²) in [4.78, 5) is 2.38. The van der Waals surface area contributed by atoms with Crippen molar-refractivity contribution >= 4 is 0 Å². The number of hydrogen-bond donors (Lipinski definition) is 1. The first-order valence-corrected chi connectivity index (χ1v) is 6.71. The zero-order chi connectivity index (χ0) is 12.9. The van der Waals surface area contributed by atoms with E-state index in [2.05, 4.69) is 31.9 Å². The number of nitrogens with two attached hydrogens (primary N) is 1. The molecule has 1 aliphatic carbocycles. The van der Waals surface area contributed by atoms with Gasteiger partial charge in [0.2, 0.25) is 0 Å². The number of rotatable bonds is 6. The van der Waals surface area contributed by atoms with Crippen molar-refractivity contribution in [3.05, 3.63) is 25.3 Å². The van der Waals surface area contributed by atoms with Crippen LogP contribution in [0.4, 0.5) is 0 Å². The van der Waals surface area contributed by atoms with E-state index in [1.807, 2.05) is 12.2 Å². The summed E-state index contributed by atoms with van der Waals surface area (Å²) in [7, 11) is 0. The van der Waals surface area contributed by atoms with E-state index in [1.165, 1.54) is 19.3 Å². The van der Waals surface area contributed by atoms with Crippen molar-refractivity contribution in [2.24, 2.45) is 17.1 Å². The monoisotopic (exact) mass is 236 g/mol. The summed E-state index contributed by atoms with van der Waals surface area (Å²) in [5.41, 5.74) is 6.71. The molecule has 0 aliphatic heterocycles. The van der Waals surface area contributed by atoms with E-state index < -0.39 is 0 Å². The van der Waals surface area contributed by atoms with E-state index in [0.717, 1.165) is 19.6 Å². The smallest absolute Gasteiger partial charge is 0.0164 e. The van der Waals surface area contributed by atoms with Crippen LogP contribution in [0.3, 0.4) is 0 Å². The van der Waals surface area contributed by atoms with Crippen molar-refractivity contribution in [2.75, 3.05) is 19.6 Å². The predicted molar refractivity (Wildman–Crippen MR) is 75.9 cm³/mol. The molecule has 0 aromatic carbocycles. The third-order valence-electron chi connectivity index (χ3n) is 4.07. The van der Waals surface area contributed by atoms with Gasteiger partial charge in [-0.05, 0) is 24.2 Å². The van der Waals surface area contributed by atoms with Gasteiger partial charge in [0.15, 0.2) is 0 Å². The Morgan fingerprint density at radius 2 is 1.88 bits per heavy atom. The molecule has 0 aromatic rings. The molecule has 17 heavy (non-hydrogen) atoms. The van der Waals surface area contributed by atoms with Crippen LogP contribution < -0.4 is 5.73 Å². The minimum absolute atomic E-state index is 0.289. The quantitative estimate of drug-likeness (QED) is 0.719. The van der Waals surface area contributed by atoms with Crippen LogP contribution in [0.1, 0.15) is 33.1 Å². The summed E-state index contributed by atoms with van der Waals surface area (Å²) in [5.74, 6) is 0.610. The highest BCUT2D eigenvalue weighted by Gasteiger charge is 2.36. The van der Waals surface area contributed by atoms with Gasteiger partial charge in [0.05, 0.1) is 0 Å². The SMILES string of the molecule is C=CCN(CC=C)CC1CCCC(C)(C)C1N. The normalized spacial score (nSPS) is 28.0. The van der Waals surface area contributed by atoms with Crippen LogP contribution in [0.25, 0.3) is 0 Å². The Morgan fingerprint density at radius 3 is 2.41 bits per heavy atom. The van der Waals surface area contributed by atoms with Crippen LogP contribution in [0.5, 0.6) is 0 Å². The first-order chi connectivity index (χ1) is 8.01. The lowest BCUT2D eigenvalue weighted by Gasteiger charge is -2.43. The number of nitrogens with zero attached hydrogens (tertiary/aromatic N) is 1. The Bertz CT molecular complexity index is 248. The minimum Gasteiger partial charge on any atom is -0.327 e. The molecule has 1 fully saturated rings. The van der Waals surface area contributed by atoms with Crippen LogP contribution in [0.15, 0.2) is 25.3 Å². The van der Waals surface area contributed by atoms with Gasteiger partial charge in [0.25, 0.3) is 0 Å². The van der Waals surface area contributed by atoms with Crippen LogP contribution in [0, 0.1) is 11.3 Å². The van der Waals surface area contributed by atoms with Crippen LogP contribution >= 0.6 is 0 Å². The van der Waals surface area contributed by atoms with E-state index in [1.54, 1.807) is 0 Å². The van der Waals surface area contributed by atoms with Crippen LogP contribution in [-0.4, -0.2) is 30.6 Å². The first kappa shape index (κ1) is 14.5. The Labute approximate surface area is 107 Å². The summed E-state index contributed by atoms with van der Waals surface area (Å²) in [6.45, 7) is 15.2. The van der Waals surface area contributed by atoms with Crippen LogP contribution in [0.2, 0.25) is 0 Å². The standard InChI is InChI=1S/C15H28N2/c1-5-10-17(11-6-2)12-13-8-7-9-15(3,4)14(13)16/h5-6,13-14H,1-2,7-12,16H2,3-4H3. The predicted octanol–water partition coefficient (Wildman–Crippen LogP) is 2.81. The van der Waals surface area contributed by atoms with E-state index in [0.29, 0.717) is 12.0 Å². The molecule has 0 heterocycles. The second kappa shape index (κ2) is 6.36. The summed E-state index contributed by atoms with van der Waals surface area (Å²) >= 11 is 0. The van der Waals surface area contributed by atoms with Gasteiger partial charge in [0.1, 0.15) is 0 Å². The van der Waals surface area contributed by atoms with E-state index >= 15 is 0 Å². The van der Waals surface area contributed by atoms with Crippen molar-refractivity contribution < 1.29 is 0 Å². The summed E-state index contributed by atoms with van der Waals surface area (Å²) in [6, 6.07) is 0.313. The molecule has 0 bridgehead atoms. The molecule has 0 spiro atoms. The van der Waals surface area contributed by atoms with Gasteiger partial charge in [-0.25, -0.2) is 0 Å².